The van der Waals surface area contributed by atoms with Crippen LogP contribution in [-0.4, -0.2) is 4.98 Å². The zero-order valence-corrected chi connectivity index (χ0v) is 32.4. The van der Waals surface area contributed by atoms with Gasteiger partial charge in [-0.25, -0.2) is 4.98 Å². The van der Waals surface area contributed by atoms with Gasteiger partial charge in [0.15, 0.2) is 5.58 Å². The molecule has 0 amide bonds. The Morgan fingerprint density at radius 1 is 0.456 bits per heavy atom. The Hall–Kier alpha value is -6.97. The maximum atomic E-state index is 6.39. The van der Waals surface area contributed by atoms with Gasteiger partial charge in [-0.15, -0.1) is 0 Å². The standard InChI is InChI=1S/C54H42N2O/c1-53(2,3)40-27-29-43(30-28-40)56(45-32-34-51-50(36-45)55-52(57-51)39-25-23-38(24-26-39)37-15-7-4-8-16-37)44-31-33-47-46-21-13-14-22-48(46)54(49(47)35-44,41-17-9-5-10-18-41)42-19-11-6-12-20-42/h4-36H,1-3H3. The zero-order chi connectivity index (χ0) is 38.6. The summed E-state index contributed by atoms with van der Waals surface area (Å²) in [6.07, 6.45) is 0. The SMILES string of the molecule is CC(C)(C)c1ccc(N(c2ccc3c(c2)C(c2ccccc2)(c2ccccc2)c2ccccc2-3)c2ccc3oc(-c4ccc(-c5ccccc5)cc4)nc3c2)cc1. The lowest BCUT2D eigenvalue weighted by Crippen LogP contribution is -2.28. The quantitative estimate of drug-likeness (QED) is 0.163. The number of hydrogen-bond acceptors (Lipinski definition) is 3. The average Bonchev–Trinajstić information content (AvgIpc) is 3.82. The van der Waals surface area contributed by atoms with Crippen molar-refractivity contribution < 1.29 is 4.42 Å². The second-order valence-electron chi connectivity index (χ2n) is 16.0. The third kappa shape index (κ3) is 5.86. The number of hydrogen-bond donors (Lipinski definition) is 0. The Labute approximate surface area is 334 Å². The first-order valence-corrected chi connectivity index (χ1v) is 19.7. The smallest absolute Gasteiger partial charge is 0.227 e. The molecule has 0 radical (unpaired) electrons. The van der Waals surface area contributed by atoms with Crippen LogP contribution >= 0.6 is 0 Å². The van der Waals surface area contributed by atoms with E-state index >= 15 is 0 Å². The molecule has 0 saturated heterocycles. The summed E-state index contributed by atoms with van der Waals surface area (Å²) >= 11 is 0. The Morgan fingerprint density at radius 3 is 1.65 bits per heavy atom. The van der Waals surface area contributed by atoms with Crippen molar-refractivity contribution in [3.63, 3.8) is 0 Å². The first kappa shape index (κ1) is 34.5. The van der Waals surface area contributed by atoms with Crippen molar-refractivity contribution in [1.29, 1.82) is 0 Å². The maximum Gasteiger partial charge on any atom is 0.227 e. The van der Waals surface area contributed by atoms with Crippen molar-refractivity contribution in [2.45, 2.75) is 31.6 Å². The summed E-state index contributed by atoms with van der Waals surface area (Å²) in [5, 5.41) is 0. The molecule has 0 unspecified atom stereocenters. The fourth-order valence-electron chi connectivity index (χ4n) is 8.74. The molecule has 0 bridgehead atoms. The number of nitrogens with zero attached hydrogens (tertiary/aromatic N) is 2. The second kappa shape index (κ2) is 13.6. The van der Waals surface area contributed by atoms with Crippen molar-refractivity contribution in [2.75, 3.05) is 4.90 Å². The largest absolute Gasteiger partial charge is 0.436 e. The third-order valence-corrected chi connectivity index (χ3v) is 11.6. The van der Waals surface area contributed by atoms with Gasteiger partial charge in [-0.05, 0) is 110 Å². The van der Waals surface area contributed by atoms with Crippen LogP contribution in [0.3, 0.4) is 0 Å². The Morgan fingerprint density at radius 2 is 0.982 bits per heavy atom. The van der Waals surface area contributed by atoms with Crippen molar-refractivity contribution in [2.24, 2.45) is 0 Å². The van der Waals surface area contributed by atoms with Crippen LogP contribution in [0.2, 0.25) is 0 Å². The monoisotopic (exact) mass is 734 g/mol. The number of fused-ring (bicyclic) bond motifs is 4. The second-order valence-corrected chi connectivity index (χ2v) is 16.0. The van der Waals surface area contributed by atoms with Gasteiger partial charge in [0.25, 0.3) is 0 Å². The summed E-state index contributed by atoms with van der Waals surface area (Å²) in [6, 6.07) is 72.1. The highest BCUT2D eigenvalue weighted by molar-refractivity contribution is 5.91. The molecule has 274 valence electrons. The van der Waals surface area contributed by atoms with Crippen LogP contribution in [0.15, 0.2) is 205 Å². The summed E-state index contributed by atoms with van der Waals surface area (Å²) in [5.74, 6) is 0.605. The summed E-state index contributed by atoms with van der Waals surface area (Å²) in [5.41, 5.74) is 16.4. The molecule has 3 nitrogen and oxygen atoms in total. The van der Waals surface area contributed by atoms with Gasteiger partial charge in [0.05, 0.1) is 5.41 Å². The van der Waals surface area contributed by atoms with E-state index in [1.54, 1.807) is 0 Å². The molecule has 0 saturated carbocycles. The summed E-state index contributed by atoms with van der Waals surface area (Å²) in [7, 11) is 0. The van der Waals surface area contributed by atoms with Crippen LogP contribution in [0.1, 0.15) is 48.6 Å². The van der Waals surface area contributed by atoms with E-state index in [2.05, 4.69) is 220 Å². The van der Waals surface area contributed by atoms with Crippen LogP contribution in [0.25, 0.3) is 44.8 Å². The average molecular weight is 735 g/mol. The molecular formula is C54H42N2O. The number of anilines is 3. The first-order chi connectivity index (χ1) is 27.9. The molecule has 0 N–H and O–H groups in total. The van der Waals surface area contributed by atoms with Crippen LogP contribution in [-0.2, 0) is 10.8 Å². The Kier molecular flexibility index (Phi) is 8.27. The van der Waals surface area contributed by atoms with E-state index in [0.29, 0.717) is 5.89 Å². The van der Waals surface area contributed by atoms with Gasteiger partial charge < -0.3 is 9.32 Å². The molecule has 1 aliphatic rings. The molecule has 10 rings (SSSR count). The predicted molar refractivity (Wildman–Crippen MR) is 236 cm³/mol. The van der Waals surface area contributed by atoms with E-state index in [1.165, 1.54) is 44.5 Å². The van der Waals surface area contributed by atoms with Crippen molar-refractivity contribution in [1.82, 2.24) is 4.98 Å². The molecule has 0 aliphatic heterocycles. The zero-order valence-electron chi connectivity index (χ0n) is 32.4. The van der Waals surface area contributed by atoms with Gasteiger partial charge >= 0.3 is 0 Å². The third-order valence-electron chi connectivity index (χ3n) is 11.6. The van der Waals surface area contributed by atoms with Gasteiger partial charge in [-0.3, -0.25) is 0 Å². The van der Waals surface area contributed by atoms with Crippen LogP contribution in [0.4, 0.5) is 17.1 Å². The molecule has 3 heteroatoms. The minimum Gasteiger partial charge on any atom is -0.436 e. The molecular weight excluding hydrogens is 693 g/mol. The molecule has 1 aromatic heterocycles. The topological polar surface area (TPSA) is 29.3 Å². The van der Waals surface area contributed by atoms with Crippen LogP contribution in [0, 0.1) is 0 Å². The molecule has 0 fully saturated rings. The summed E-state index contributed by atoms with van der Waals surface area (Å²) in [4.78, 5) is 7.42. The van der Waals surface area contributed by atoms with E-state index < -0.39 is 5.41 Å². The van der Waals surface area contributed by atoms with E-state index in [-0.39, 0.29) is 5.41 Å². The highest BCUT2D eigenvalue weighted by Gasteiger charge is 2.46. The number of oxazole rings is 1. The molecule has 0 atom stereocenters. The summed E-state index contributed by atoms with van der Waals surface area (Å²) < 4.78 is 6.39. The minimum atomic E-state index is -0.507. The van der Waals surface area contributed by atoms with Gasteiger partial charge in [-0.2, -0.15) is 0 Å². The van der Waals surface area contributed by atoms with Crippen molar-refractivity contribution in [3.8, 4) is 33.7 Å². The lowest BCUT2D eigenvalue weighted by atomic mass is 9.67. The van der Waals surface area contributed by atoms with E-state index in [4.69, 9.17) is 9.40 Å². The lowest BCUT2D eigenvalue weighted by molar-refractivity contribution is 0.590. The van der Waals surface area contributed by atoms with Gasteiger partial charge in [0.2, 0.25) is 5.89 Å². The predicted octanol–water partition coefficient (Wildman–Crippen LogP) is 14.3. The first-order valence-electron chi connectivity index (χ1n) is 19.7. The molecule has 1 aliphatic carbocycles. The van der Waals surface area contributed by atoms with Gasteiger partial charge in [0.1, 0.15) is 5.52 Å². The molecule has 57 heavy (non-hydrogen) atoms. The Balaban J connectivity index is 1.14. The lowest BCUT2D eigenvalue weighted by Gasteiger charge is -2.35. The Bertz CT molecular complexity index is 2810. The molecule has 9 aromatic rings. The fraction of sp³-hybridized carbons (Fsp3) is 0.0926. The maximum absolute atomic E-state index is 6.39. The normalized spacial score (nSPS) is 13.0. The molecule has 0 spiro atoms. The molecule has 8 aromatic carbocycles. The molecule has 1 heterocycles. The highest BCUT2D eigenvalue weighted by Crippen LogP contribution is 2.57. The van der Waals surface area contributed by atoms with Crippen LogP contribution < -0.4 is 4.90 Å². The van der Waals surface area contributed by atoms with E-state index in [9.17, 15) is 0 Å². The number of aromatic nitrogens is 1. The van der Waals surface area contributed by atoms with E-state index in [0.717, 1.165) is 39.3 Å². The number of rotatable bonds is 7. The fourth-order valence-corrected chi connectivity index (χ4v) is 8.74. The highest BCUT2D eigenvalue weighted by atomic mass is 16.3. The minimum absolute atomic E-state index is 0.0308. The van der Waals surface area contributed by atoms with Crippen molar-refractivity contribution in [3.05, 3.63) is 228 Å². The number of benzene rings is 8. The van der Waals surface area contributed by atoms with Gasteiger partial charge in [0, 0.05) is 22.6 Å². The van der Waals surface area contributed by atoms with E-state index in [1.807, 2.05) is 6.07 Å². The van der Waals surface area contributed by atoms with Crippen LogP contribution in [0.5, 0.6) is 0 Å². The van der Waals surface area contributed by atoms with Crippen molar-refractivity contribution >= 4 is 28.2 Å². The summed E-state index contributed by atoms with van der Waals surface area (Å²) in [6.45, 7) is 6.78. The van der Waals surface area contributed by atoms with Gasteiger partial charge in [-0.1, -0.05) is 166 Å².